The molecule has 0 saturated carbocycles. The lowest BCUT2D eigenvalue weighted by molar-refractivity contribution is -0.384. The topological polar surface area (TPSA) is 116 Å². The number of hydrogen-bond donors (Lipinski definition) is 1. The molecule has 34 heavy (non-hydrogen) atoms. The maximum absolute atomic E-state index is 12.6. The van der Waals surface area contributed by atoms with E-state index in [-0.39, 0.29) is 24.1 Å². The van der Waals surface area contributed by atoms with E-state index >= 15 is 0 Å². The molecule has 0 bridgehead atoms. The molecule has 4 rings (SSSR count). The SMILES string of the molecule is CCOC(=O)CC(c1ccccc1)n1cnc2cc(NC(=O)c3ccc([N+](=O)[O-])cc3)ccc21. The first-order valence-electron chi connectivity index (χ1n) is 10.7. The van der Waals surface area contributed by atoms with Crippen LogP contribution < -0.4 is 5.32 Å². The van der Waals surface area contributed by atoms with Crippen molar-refractivity contribution in [2.45, 2.75) is 19.4 Å². The van der Waals surface area contributed by atoms with Crippen molar-refractivity contribution in [2.75, 3.05) is 11.9 Å². The zero-order chi connectivity index (χ0) is 24.1. The van der Waals surface area contributed by atoms with Crippen molar-refractivity contribution in [1.82, 2.24) is 9.55 Å². The monoisotopic (exact) mass is 458 g/mol. The standard InChI is InChI=1S/C25H22N4O5/c1-2-34-24(30)15-23(17-6-4-3-5-7-17)28-16-26-21-14-19(10-13-22(21)28)27-25(31)18-8-11-20(12-9-18)29(32)33/h3-14,16,23H,2,15H2,1H3,(H,27,31). The summed E-state index contributed by atoms with van der Waals surface area (Å²) < 4.78 is 7.09. The number of amides is 1. The Bertz CT molecular complexity index is 1330. The average Bonchev–Trinajstić information content (AvgIpc) is 3.26. The van der Waals surface area contributed by atoms with Crippen molar-refractivity contribution in [3.8, 4) is 0 Å². The number of ether oxygens (including phenoxy) is 1. The Morgan fingerprint density at radius 3 is 2.50 bits per heavy atom. The summed E-state index contributed by atoms with van der Waals surface area (Å²) in [6, 6.07) is 20.0. The molecule has 1 aromatic heterocycles. The van der Waals surface area contributed by atoms with Gasteiger partial charge in [0.25, 0.3) is 11.6 Å². The van der Waals surface area contributed by atoms with E-state index < -0.39 is 10.8 Å². The third-order valence-corrected chi connectivity index (χ3v) is 5.36. The molecule has 1 unspecified atom stereocenters. The molecule has 9 nitrogen and oxygen atoms in total. The van der Waals surface area contributed by atoms with Crippen LogP contribution in [0.15, 0.2) is 79.1 Å². The Balaban J connectivity index is 1.59. The van der Waals surface area contributed by atoms with Crippen LogP contribution >= 0.6 is 0 Å². The number of nitro groups is 1. The number of nitrogens with zero attached hydrogens (tertiary/aromatic N) is 3. The van der Waals surface area contributed by atoms with Crippen LogP contribution in [0.4, 0.5) is 11.4 Å². The minimum Gasteiger partial charge on any atom is -0.466 e. The number of esters is 1. The number of carbonyl (C=O) groups is 2. The summed E-state index contributed by atoms with van der Waals surface area (Å²) in [5, 5.41) is 13.6. The number of imidazole rings is 1. The van der Waals surface area contributed by atoms with Gasteiger partial charge in [0.2, 0.25) is 0 Å². The van der Waals surface area contributed by atoms with Gasteiger partial charge in [-0.3, -0.25) is 19.7 Å². The highest BCUT2D eigenvalue weighted by Crippen LogP contribution is 2.28. The zero-order valence-corrected chi connectivity index (χ0v) is 18.4. The summed E-state index contributed by atoms with van der Waals surface area (Å²) in [5.74, 6) is -0.691. The van der Waals surface area contributed by atoms with Crippen LogP contribution in [0.1, 0.15) is 35.3 Å². The maximum atomic E-state index is 12.6. The normalized spacial score (nSPS) is 11.7. The lowest BCUT2D eigenvalue weighted by atomic mass is 10.0. The van der Waals surface area contributed by atoms with Gasteiger partial charge in [0, 0.05) is 23.4 Å². The molecule has 0 aliphatic heterocycles. The van der Waals surface area contributed by atoms with E-state index in [1.165, 1.54) is 24.3 Å². The van der Waals surface area contributed by atoms with E-state index in [4.69, 9.17) is 4.74 Å². The predicted molar refractivity (Wildman–Crippen MR) is 127 cm³/mol. The fraction of sp³-hybridized carbons (Fsp3) is 0.160. The van der Waals surface area contributed by atoms with E-state index in [2.05, 4.69) is 10.3 Å². The van der Waals surface area contributed by atoms with Gasteiger partial charge in [0.15, 0.2) is 0 Å². The van der Waals surface area contributed by atoms with E-state index in [9.17, 15) is 19.7 Å². The number of aromatic nitrogens is 2. The third kappa shape index (κ3) is 4.93. The molecule has 0 aliphatic rings. The summed E-state index contributed by atoms with van der Waals surface area (Å²) >= 11 is 0. The molecule has 0 radical (unpaired) electrons. The lowest BCUT2D eigenvalue weighted by Crippen LogP contribution is -2.16. The highest BCUT2D eigenvalue weighted by molar-refractivity contribution is 6.05. The lowest BCUT2D eigenvalue weighted by Gasteiger charge is -2.19. The van der Waals surface area contributed by atoms with Crippen molar-refractivity contribution >= 4 is 34.3 Å². The molecule has 0 spiro atoms. The minimum atomic E-state index is -0.517. The smallest absolute Gasteiger partial charge is 0.308 e. The Hall–Kier alpha value is -4.53. The van der Waals surface area contributed by atoms with Crippen LogP contribution in [0.5, 0.6) is 0 Å². The summed E-state index contributed by atoms with van der Waals surface area (Å²) in [6.45, 7) is 2.08. The maximum Gasteiger partial charge on any atom is 0.308 e. The second-order valence-corrected chi connectivity index (χ2v) is 7.55. The number of rotatable bonds is 8. The Labute approximate surface area is 195 Å². The molecule has 4 aromatic rings. The van der Waals surface area contributed by atoms with Crippen molar-refractivity contribution in [3.05, 3.63) is 100 Å². The molecule has 1 N–H and O–H groups in total. The van der Waals surface area contributed by atoms with Crippen LogP contribution in [0.3, 0.4) is 0 Å². The second-order valence-electron chi connectivity index (χ2n) is 7.55. The zero-order valence-electron chi connectivity index (χ0n) is 18.4. The van der Waals surface area contributed by atoms with Gasteiger partial charge in [0.05, 0.1) is 41.4 Å². The Morgan fingerprint density at radius 2 is 1.82 bits per heavy atom. The minimum absolute atomic E-state index is 0.0840. The highest BCUT2D eigenvalue weighted by atomic mass is 16.6. The van der Waals surface area contributed by atoms with Gasteiger partial charge < -0.3 is 14.6 Å². The molecule has 172 valence electrons. The molecule has 0 saturated heterocycles. The van der Waals surface area contributed by atoms with Gasteiger partial charge in [-0.15, -0.1) is 0 Å². The fourth-order valence-corrected chi connectivity index (χ4v) is 3.73. The Morgan fingerprint density at radius 1 is 1.09 bits per heavy atom. The Kier molecular flexibility index (Phi) is 6.63. The largest absolute Gasteiger partial charge is 0.466 e. The van der Waals surface area contributed by atoms with Crippen molar-refractivity contribution in [1.29, 1.82) is 0 Å². The molecule has 1 amide bonds. The number of hydrogen-bond acceptors (Lipinski definition) is 6. The number of nitrogens with one attached hydrogen (secondary N) is 1. The molecular weight excluding hydrogens is 436 g/mol. The molecule has 9 heteroatoms. The predicted octanol–water partition coefficient (Wildman–Crippen LogP) is 4.74. The first kappa shape index (κ1) is 22.7. The number of anilines is 1. The number of nitro benzene ring substituents is 1. The highest BCUT2D eigenvalue weighted by Gasteiger charge is 2.21. The van der Waals surface area contributed by atoms with Gasteiger partial charge in [0.1, 0.15) is 0 Å². The van der Waals surface area contributed by atoms with Crippen molar-refractivity contribution in [2.24, 2.45) is 0 Å². The van der Waals surface area contributed by atoms with E-state index in [1.54, 1.807) is 25.4 Å². The summed E-state index contributed by atoms with van der Waals surface area (Å²) in [4.78, 5) is 39.6. The van der Waals surface area contributed by atoms with Gasteiger partial charge in [-0.25, -0.2) is 4.98 Å². The van der Waals surface area contributed by atoms with Crippen molar-refractivity contribution in [3.63, 3.8) is 0 Å². The van der Waals surface area contributed by atoms with Crippen LogP contribution in [0.2, 0.25) is 0 Å². The van der Waals surface area contributed by atoms with E-state index in [0.29, 0.717) is 23.4 Å². The summed E-state index contributed by atoms with van der Waals surface area (Å²) in [7, 11) is 0. The van der Waals surface area contributed by atoms with E-state index in [1.807, 2.05) is 41.0 Å². The summed E-state index contributed by atoms with van der Waals surface area (Å²) in [6.07, 6.45) is 1.82. The number of carbonyl (C=O) groups excluding carboxylic acids is 2. The fourth-order valence-electron chi connectivity index (χ4n) is 3.73. The first-order chi connectivity index (χ1) is 16.5. The second kappa shape index (κ2) is 9.95. The van der Waals surface area contributed by atoms with Gasteiger partial charge >= 0.3 is 5.97 Å². The van der Waals surface area contributed by atoms with Gasteiger partial charge in [-0.1, -0.05) is 30.3 Å². The van der Waals surface area contributed by atoms with Crippen LogP contribution in [-0.2, 0) is 9.53 Å². The van der Waals surface area contributed by atoms with Crippen LogP contribution in [0, 0.1) is 10.1 Å². The first-order valence-corrected chi connectivity index (χ1v) is 10.7. The van der Waals surface area contributed by atoms with Crippen LogP contribution in [-0.4, -0.2) is 33.0 Å². The van der Waals surface area contributed by atoms with E-state index in [0.717, 1.165) is 11.1 Å². The average molecular weight is 458 g/mol. The van der Waals surface area contributed by atoms with Gasteiger partial charge in [-0.05, 0) is 42.8 Å². The third-order valence-electron chi connectivity index (χ3n) is 5.36. The molecule has 1 atom stereocenters. The molecule has 3 aromatic carbocycles. The number of non-ortho nitro benzene ring substituents is 1. The number of benzene rings is 3. The van der Waals surface area contributed by atoms with Gasteiger partial charge in [-0.2, -0.15) is 0 Å². The molecule has 0 aliphatic carbocycles. The summed E-state index contributed by atoms with van der Waals surface area (Å²) in [5.41, 5.74) is 3.14. The van der Waals surface area contributed by atoms with Crippen LogP contribution in [0.25, 0.3) is 11.0 Å². The number of fused-ring (bicyclic) bond motifs is 1. The molecular formula is C25H22N4O5. The quantitative estimate of drug-likeness (QED) is 0.232. The molecule has 0 fully saturated rings. The molecule has 1 heterocycles. The van der Waals surface area contributed by atoms with Crippen molar-refractivity contribution < 1.29 is 19.2 Å².